The molecule has 0 aliphatic rings. The molecule has 7 nitrogen and oxygen atoms in total. The molecule has 0 aliphatic heterocycles. The Hall–Kier alpha value is -3.00. The summed E-state index contributed by atoms with van der Waals surface area (Å²) >= 11 is 1.24. The Morgan fingerprint density at radius 1 is 1.06 bits per heavy atom. The molecule has 194 valence electrons. The standard InChI is InChI=1S/C25H31F3N6OS/c1-12(2)20-31-32-21-16(11-29)18(25(26,27)28)15(22(35)34(20)21)10-17-19(24(7,8)9)30-23(36-17)33(13(3)4)14(5)6/h10,12-14H,1-9H3/b15-10-. The molecule has 0 spiro atoms. The molecule has 0 bridgehead atoms. The summed E-state index contributed by atoms with van der Waals surface area (Å²) < 4.78 is 44.1. The molecule has 0 unspecified atom stereocenters. The summed E-state index contributed by atoms with van der Waals surface area (Å²) in [5, 5.41) is 17.5. The van der Waals surface area contributed by atoms with Crippen LogP contribution in [0.4, 0.5) is 18.3 Å². The fourth-order valence-electron chi connectivity index (χ4n) is 4.28. The maximum Gasteiger partial charge on any atom is 0.418 e. The highest BCUT2D eigenvalue weighted by atomic mass is 32.1. The molecular formula is C25H31F3N6OS. The summed E-state index contributed by atoms with van der Waals surface area (Å²) in [6.45, 7) is 17.3. The predicted molar refractivity (Wildman–Crippen MR) is 135 cm³/mol. The van der Waals surface area contributed by atoms with Crippen LogP contribution in [0.3, 0.4) is 0 Å². The number of thiazole rings is 1. The molecule has 36 heavy (non-hydrogen) atoms. The Bertz CT molecular complexity index is 1430. The van der Waals surface area contributed by atoms with Gasteiger partial charge in [-0.1, -0.05) is 46.0 Å². The Morgan fingerprint density at radius 2 is 1.64 bits per heavy atom. The third-order valence-electron chi connectivity index (χ3n) is 5.74. The molecule has 0 fully saturated rings. The van der Waals surface area contributed by atoms with Crippen LogP contribution in [0, 0.1) is 11.3 Å². The highest BCUT2D eigenvalue weighted by molar-refractivity contribution is 7.16. The van der Waals surface area contributed by atoms with E-state index in [2.05, 4.69) is 15.1 Å². The van der Waals surface area contributed by atoms with Crippen molar-refractivity contribution in [3.63, 3.8) is 0 Å². The van der Waals surface area contributed by atoms with Gasteiger partial charge in [0.05, 0.1) is 21.4 Å². The van der Waals surface area contributed by atoms with E-state index < -0.39 is 33.5 Å². The Balaban J connectivity index is 2.55. The largest absolute Gasteiger partial charge is 0.418 e. The number of halogens is 3. The van der Waals surface area contributed by atoms with E-state index in [1.807, 2.05) is 48.5 Å². The minimum atomic E-state index is -4.96. The molecule has 3 heterocycles. The number of alkyl halides is 3. The van der Waals surface area contributed by atoms with Gasteiger partial charge in [-0.05, 0) is 33.8 Å². The van der Waals surface area contributed by atoms with Crippen molar-refractivity contribution in [1.29, 1.82) is 5.26 Å². The van der Waals surface area contributed by atoms with Crippen LogP contribution in [-0.2, 0) is 11.6 Å². The zero-order valence-electron chi connectivity index (χ0n) is 21.9. The van der Waals surface area contributed by atoms with Crippen LogP contribution < -0.4 is 15.7 Å². The number of hydrogen-bond donors (Lipinski definition) is 0. The first kappa shape index (κ1) is 27.6. The number of anilines is 1. The summed E-state index contributed by atoms with van der Waals surface area (Å²) in [6, 6.07) is 1.83. The minimum Gasteiger partial charge on any atom is -0.343 e. The maximum atomic E-state index is 14.4. The molecule has 3 rings (SSSR count). The van der Waals surface area contributed by atoms with Crippen LogP contribution in [0.15, 0.2) is 4.79 Å². The normalized spacial score (nSPS) is 13.4. The summed E-state index contributed by atoms with van der Waals surface area (Å²) in [5.74, 6) is -0.101. The van der Waals surface area contributed by atoms with E-state index in [4.69, 9.17) is 4.98 Å². The molecule has 0 saturated heterocycles. The van der Waals surface area contributed by atoms with E-state index in [0.29, 0.717) is 15.7 Å². The fraction of sp³-hybridized carbons (Fsp3) is 0.560. The van der Waals surface area contributed by atoms with Gasteiger partial charge in [0.2, 0.25) is 0 Å². The lowest BCUT2D eigenvalue weighted by Gasteiger charge is -2.30. The lowest BCUT2D eigenvalue weighted by atomic mass is 9.91. The molecule has 0 aromatic carbocycles. The maximum absolute atomic E-state index is 14.4. The highest BCUT2D eigenvalue weighted by Gasteiger charge is 2.39. The zero-order chi connectivity index (χ0) is 27.3. The van der Waals surface area contributed by atoms with Crippen LogP contribution in [0.1, 0.15) is 95.8 Å². The lowest BCUT2D eigenvalue weighted by Crippen LogP contribution is -2.39. The van der Waals surface area contributed by atoms with E-state index in [0.717, 1.165) is 4.40 Å². The van der Waals surface area contributed by atoms with Crippen molar-refractivity contribution in [2.75, 3.05) is 4.90 Å². The fourth-order valence-corrected chi connectivity index (χ4v) is 5.76. The molecular weight excluding hydrogens is 489 g/mol. The summed E-state index contributed by atoms with van der Waals surface area (Å²) in [4.78, 5) is 20.9. The average Bonchev–Trinajstić information content (AvgIpc) is 3.33. The molecule has 0 radical (unpaired) electrons. The van der Waals surface area contributed by atoms with Gasteiger partial charge in [0.1, 0.15) is 17.5 Å². The first-order valence-corrected chi connectivity index (χ1v) is 12.6. The van der Waals surface area contributed by atoms with Gasteiger partial charge in [0.25, 0.3) is 5.56 Å². The first-order chi connectivity index (χ1) is 16.5. The van der Waals surface area contributed by atoms with Gasteiger partial charge in [-0.3, -0.25) is 4.79 Å². The topological polar surface area (TPSA) is 87.2 Å². The minimum absolute atomic E-state index is 0.102. The Labute approximate surface area is 212 Å². The average molecular weight is 521 g/mol. The van der Waals surface area contributed by atoms with Crippen molar-refractivity contribution in [1.82, 2.24) is 19.6 Å². The third-order valence-corrected chi connectivity index (χ3v) is 6.75. The van der Waals surface area contributed by atoms with Crippen molar-refractivity contribution in [2.45, 2.75) is 91.9 Å². The molecule has 0 aliphatic carbocycles. The molecule has 0 atom stereocenters. The summed E-state index contributed by atoms with van der Waals surface area (Å²) in [6.07, 6.45) is -3.73. The summed E-state index contributed by atoms with van der Waals surface area (Å²) in [5.41, 5.74) is -3.26. The molecule has 3 aromatic heterocycles. The molecule has 0 saturated carbocycles. The molecule has 0 N–H and O–H groups in total. The van der Waals surface area contributed by atoms with Gasteiger partial charge in [-0.15, -0.1) is 10.2 Å². The van der Waals surface area contributed by atoms with Crippen LogP contribution in [0.2, 0.25) is 0 Å². The number of fused-ring (bicyclic) bond motifs is 1. The van der Waals surface area contributed by atoms with Crippen molar-refractivity contribution < 1.29 is 13.2 Å². The summed E-state index contributed by atoms with van der Waals surface area (Å²) in [7, 11) is 0. The van der Waals surface area contributed by atoms with Gasteiger partial charge in [0, 0.05) is 23.4 Å². The van der Waals surface area contributed by atoms with Crippen molar-refractivity contribution in [3.8, 4) is 6.07 Å². The molecule has 11 heteroatoms. The quantitative estimate of drug-likeness (QED) is 0.469. The van der Waals surface area contributed by atoms with E-state index in [-0.39, 0.29) is 29.5 Å². The number of hydrogen-bond acceptors (Lipinski definition) is 7. The highest BCUT2D eigenvalue weighted by Crippen LogP contribution is 2.37. The van der Waals surface area contributed by atoms with Gasteiger partial charge in [-0.25, -0.2) is 9.38 Å². The molecule has 3 aromatic rings. The van der Waals surface area contributed by atoms with Gasteiger partial charge in [-0.2, -0.15) is 18.4 Å². The van der Waals surface area contributed by atoms with Crippen LogP contribution >= 0.6 is 11.3 Å². The number of aromatic nitrogens is 4. The zero-order valence-corrected chi connectivity index (χ0v) is 22.8. The molecule has 0 amide bonds. The van der Waals surface area contributed by atoms with Crippen LogP contribution in [-0.4, -0.2) is 31.7 Å². The van der Waals surface area contributed by atoms with E-state index in [9.17, 15) is 23.2 Å². The number of nitrogens with zero attached hydrogens (tertiary/aromatic N) is 6. The van der Waals surface area contributed by atoms with Gasteiger partial charge < -0.3 is 4.90 Å². The second-order valence-corrected chi connectivity index (χ2v) is 11.7. The van der Waals surface area contributed by atoms with E-state index in [1.165, 1.54) is 17.4 Å². The van der Waals surface area contributed by atoms with Crippen LogP contribution in [0.25, 0.3) is 11.7 Å². The monoisotopic (exact) mass is 520 g/mol. The number of pyridine rings is 1. The van der Waals surface area contributed by atoms with E-state index >= 15 is 0 Å². The SMILES string of the molecule is CC(C)c1nnc2c(C#N)c(C(F)(F)F)/c(=C/c3sc(N(C(C)C)C(C)C)nc3C(C)(C)C)c(=O)n12. The van der Waals surface area contributed by atoms with Gasteiger partial charge in [0.15, 0.2) is 10.8 Å². The smallest absolute Gasteiger partial charge is 0.343 e. The number of rotatable bonds is 5. The lowest BCUT2D eigenvalue weighted by molar-refractivity contribution is -0.138. The number of nitriles is 1. The van der Waals surface area contributed by atoms with Crippen LogP contribution in [0.5, 0.6) is 0 Å². The van der Waals surface area contributed by atoms with Crippen molar-refractivity contribution >= 4 is 28.2 Å². The van der Waals surface area contributed by atoms with Crippen molar-refractivity contribution in [3.05, 3.63) is 43.1 Å². The second-order valence-electron chi connectivity index (χ2n) is 10.6. The second kappa shape index (κ2) is 9.47. The predicted octanol–water partition coefficient (Wildman–Crippen LogP) is 5.03. The Morgan fingerprint density at radius 3 is 2.08 bits per heavy atom. The van der Waals surface area contributed by atoms with E-state index in [1.54, 1.807) is 19.9 Å². The first-order valence-electron chi connectivity index (χ1n) is 11.7. The Kier molecular flexibility index (Phi) is 7.25. The van der Waals surface area contributed by atoms with Gasteiger partial charge >= 0.3 is 6.18 Å². The van der Waals surface area contributed by atoms with Crippen molar-refractivity contribution in [2.24, 2.45) is 0 Å². The third kappa shape index (κ3) is 4.83.